The second kappa shape index (κ2) is 8.55. The molecule has 0 aliphatic carbocycles. The molecule has 0 unspecified atom stereocenters. The molecule has 0 radical (unpaired) electrons. The molecule has 6 heteroatoms. The molecule has 0 saturated heterocycles. The van der Waals surface area contributed by atoms with Gasteiger partial charge < -0.3 is 10.4 Å². The minimum absolute atomic E-state index is 0.116. The quantitative estimate of drug-likeness (QED) is 0.581. The number of hydrogen-bond acceptors (Lipinski definition) is 2. The van der Waals surface area contributed by atoms with Crippen LogP contribution in [0.1, 0.15) is 11.1 Å². The minimum atomic E-state index is -1.09. The first kappa shape index (κ1) is 19.4. The molecule has 3 aromatic carbocycles. The number of benzene rings is 3. The van der Waals surface area contributed by atoms with Crippen molar-refractivity contribution < 1.29 is 14.7 Å². The van der Waals surface area contributed by atoms with Gasteiger partial charge in [-0.3, -0.25) is 4.79 Å². The molecule has 0 fully saturated rings. The van der Waals surface area contributed by atoms with Gasteiger partial charge >= 0.3 is 5.97 Å². The molecule has 0 aliphatic rings. The van der Waals surface area contributed by atoms with Crippen LogP contribution in [0.2, 0.25) is 5.02 Å². The van der Waals surface area contributed by atoms with Gasteiger partial charge in [-0.25, -0.2) is 4.79 Å². The van der Waals surface area contributed by atoms with E-state index in [1.807, 2.05) is 42.5 Å². The van der Waals surface area contributed by atoms with E-state index in [0.717, 1.165) is 26.4 Å². The third kappa shape index (κ3) is 5.08. The number of amides is 1. The van der Waals surface area contributed by atoms with Gasteiger partial charge in [0.1, 0.15) is 6.04 Å². The van der Waals surface area contributed by atoms with Gasteiger partial charge in [-0.05, 0) is 40.1 Å². The van der Waals surface area contributed by atoms with Gasteiger partial charge in [0.15, 0.2) is 0 Å². The predicted octanol–water partition coefficient (Wildman–Crippen LogP) is 4.61. The third-order valence-electron chi connectivity index (χ3n) is 4.24. The van der Waals surface area contributed by atoms with E-state index in [9.17, 15) is 14.7 Å². The summed E-state index contributed by atoms with van der Waals surface area (Å²) < 4.78 is 0.752. The maximum atomic E-state index is 12.4. The SMILES string of the molecule is O=C(Cc1ccc2ccccc2c1)N[C@H](Cc1cc(Cl)ccc1Br)C(=O)O. The maximum Gasteiger partial charge on any atom is 0.326 e. The monoisotopic (exact) mass is 445 g/mol. The van der Waals surface area contributed by atoms with Crippen LogP contribution >= 0.6 is 27.5 Å². The van der Waals surface area contributed by atoms with E-state index in [1.165, 1.54) is 0 Å². The lowest BCUT2D eigenvalue weighted by atomic mass is 10.0. The molecule has 0 aliphatic heterocycles. The molecule has 0 saturated carbocycles. The van der Waals surface area contributed by atoms with Crippen LogP contribution in [-0.4, -0.2) is 23.0 Å². The Morgan fingerprint density at radius 3 is 2.52 bits per heavy atom. The van der Waals surface area contributed by atoms with Gasteiger partial charge in [0, 0.05) is 15.9 Å². The van der Waals surface area contributed by atoms with Crippen LogP contribution in [0.3, 0.4) is 0 Å². The first-order valence-corrected chi connectivity index (χ1v) is 9.53. The van der Waals surface area contributed by atoms with Crippen LogP contribution in [-0.2, 0) is 22.4 Å². The van der Waals surface area contributed by atoms with E-state index in [-0.39, 0.29) is 18.7 Å². The Kier molecular flexibility index (Phi) is 6.14. The molecular weight excluding hydrogens is 430 g/mol. The molecule has 0 bridgehead atoms. The smallest absolute Gasteiger partial charge is 0.326 e. The lowest BCUT2D eigenvalue weighted by Gasteiger charge is -2.16. The lowest BCUT2D eigenvalue weighted by Crippen LogP contribution is -2.43. The normalized spacial score (nSPS) is 11.9. The molecule has 3 rings (SSSR count). The van der Waals surface area contributed by atoms with Gasteiger partial charge in [0.25, 0.3) is 0 Å². The number of nitrogens with one attached hydrogen (secondary N) is 1. The Morgan fingerprint density at radius 1 is 1.04 bits per heavy atom. The Balaban J connectivity index is 1.71. The molecule has 4 nitrogen and oxygen atoms in total. The molecule has 0 aromatic heterocycles. The van der Waals surface area contributed by atoms with Gasteiger partial charge in [0.2, 0.25) is 5.91 Å². The Labute approximate surface area is 170 Å². The van der Waals surface area contributed by atoms with E-state index in [2.05, 4.69) is 21.2 Å². The number of carbonyl (C=O) groups excluding carboxylic acids is 1. The standard InChI is InChI=1S/C21H17BrClNO3/c22-18-8-7-17(23)11-16(18)12-19(21(26)27)24-20(25)10-13-5-6-14-3-1-2-4-15(14)9-13/h1-9,11,19H,10,12H2,(H,24,25)(H,26,27)/t19-/m1/s1. The van der Waals surface area contributed by atoms with Crippen molar-refractivity contribution >= 4 is 50.2 Å². The largest absolute Gasteiger partial charge is 0.480 e. The summed E-state index contributed by atoms with van der Waals surface area (Å²) in [5.74, 6) is -1.43. The van der Waals surface area contributed by atoms with Crippen molar-refractivity contribution in [3.05, 3.63) is 81.3 Å². The second-order valence-corrected chi connectivity index (χ2v) is 7.55. The number of hydrogen-bond donors (Lipinski definition) is 2. The van der Waals surface area contributed by atoms with E-state index in [1.54, 1.807) is 18.2 Å². The maximum absolute atomic E-state index is 12.4. The molecule has 3 aromatic rings. The number of carbonyl (C=O) groups is 2. The van der Waals surface area contributed by atoms with Crippen LogP contribution < -0.4 is 5.32 Å². The third-order valence-corrected chi connectivity index (χ3v) is 5.25. The van der Waals surface area contributed by atoms with Crippen molar-refractivity contribution in [3.8, 4) is 0 Å². The highest BCUT2D eigenvalue weighted by molar-refractivity contribution is 9.10. The van der Waals surface area contributed by atoms with Crippen LogP contribution in [0.4, 0.5) is 0 Å². The fourth-order valence-electron chi connectivity index (χ4n) is 2.90. The van der Waals surface area contributed by atoms with Crippen molar-refractivity contribution in [2.45, 2.75) is 18.9 Å². The summed E-state index contributed by atoms with van der Waals surface area (Å²) >= 11 is 9.37. The van der Waals surface area contributed by atoms with E-state index < -0.39 is 12.0 Å². The van der Waals surface area contributed by atoms with Crippen molar-refractivity contribution in [1.82, 2.24) is 5.32 Å². The number of carboxylic acids is 1. The molecule has 138 valence electrons. The highest BCUT2D eigenvalue weighted by Gasteiger charge is 2.21. The molecule has 0 heterocycles. The topological polar surface area (TPSA) is 66.4 Å². The molecule has 1 amide bonds. The fraction of sp³-hybridized carbons (Fsp3) is 0.143. The second-order valence-electron chi connectivity index (χ2n) is 6.26. The van der Waals surface area contributed by atoms with Crippen LogP contribution in [0.25, 0.3) is 10.8 Å². The van der Waals surface area contributed by atoms with Crippen LogP contribution in [0, 0.1) is 0 Å². The summed E-state index contributed by atoms with van der Waals surface area (Å²) in [5.41, 5.74) is 1.56. The Morgan fingerprint density at radius 2 is 1.78 bits per heavy atom. The van der Waals surface area contributed by atoms with Crippen molar-refractivity contribution in [3.63, 3.8) is 0 Å². The Bertz CT molecular complexity index is 1010. The first-order valence-electron chi connectivity index (χ1n) is 8.36. The number of carboxylic acid groups (broad SMARTS) is 1. The summed E-state index contributed by atoms with van der Waals surface area (Å²) in [4.78, 5) is 24.0. The van der Waals surface area contributed by atoms with E-state index >= 15 is 0 Å². The number of aliphatic carboxylic acids is 1. The number of fused-ring (bicyclic) bond motifs is 1. The van der Waals surface area contributed by atoms with Crippen LogP contribution in [0.5, 0.6) is 0 Å². The number of halogens is 2. The van der Waals surface area contributed by atoms with Gasteiger partial charge in [0.05, 0.1) is 6.42 Å². The lowest BCUT2D eigenvalue weighted by molar-refractivity contribution is -0.141. The molecule has 1 atom stereocenters. The van der Waals surface area contributed by atoms with Crippen LogP contribution in [0.15, 0.2) is 65.1 Å². The van der Waals surface area contributed by atoms with Gasteiger partial charge in [-0.1, -0.05) is 70.0 Å². The zero-order valence-corrected chi connectivity index (χ0v) is 16.6. The molecule has 2 N–H and O–H groups in total. The van der Waals surface area contributed by atoms with Crippen molar-refractivity contribution in [2.75, 3.05) is 0 Å². The minimum Gasteiger partial charge on any atom is -0.480 e. The Hall–Kier alpha value is -2.37. The summed E-state index contributed by atoms with van der Waals surface area (Å²) in [7, 11) is 0. The first-order chi connectivity index (χ1) is 12.9. The average Bonchev–Trinajstić information content (AvgIpc) is 2.64. The molecule has 27 heavy (non-hydrogen) atoms. The van der Waals surface area contributed by atoms with Gasteiger partial charge in [-0.2, -0.15) is 0 Å². The number of rotatable bonds is 6. The highest BCUT2D eigenvalue weighted by atomic mass is 79.9. The zero-order chi connectivity index (χ0) is 19.4. The zero-order valence-electron chi connectivity index (χ0n) is 14.3. The molecule has 0 spiro atoms. The predicted molar refractivity (Wildman–Crippen MR) is 110 cm³/mol. The van der Waals surface area contributed by atoms with E-state index in [0.29, 0.717) is 5.02 Å². The van der Waals surface area contributed by atoms with E-state index in [4.69, 9.17) is 11.6 Å². The highest BCUT2D eigenvalue weighted by Crippen LogP contribution is 2.22. The van der Waals surface area contributed by atoms with Crippen molar-refractivity contribution in [1.29, 1.82) is 0 Å². The summed E-state index contributed by atoms with van der Waals surface area (Å²) in [6.07, 6.45) is 0.255. The fourth-order valence-corrected chi connectivity index (χ4v) is 3.50. The summed E-state index contributed by atoms with van der Waals surface area (Å²) in [6, 6.07) is 17.8. The van der Waals surface area contributed by atoms with Gasteiger partial charge in [-0.15, -0.1) is 0 Å². The summed E-state index contributed by atoms with van der Waals surface area (Å²) in [5, 5.41) is 14.7. The van der Waals surface area contributed by atoms with Crippen molar-refractivity contribution in [2.24, 2.45) is 0 Å². The summed E-state index contributed by atoms with van der Waals surface area (Å²) in [6.45, 7) is 0. The average molecular weight is 447 g/mol. The molecular formula is C21H17BrClNO3.